The molecule has 146 valence electrons. The highest BCUT2D eigenvalue weighted by Gasteiger charge is 2.24. The average Bonchev–Trinajstić information content (AvgIpc) is 2.65. The average molecular weight is 363 g/mol. The molecule has 3 rings (SSSR count). The first kappa shape index (κ1) is 19.8. The largest absolute Gasteiger partial charge is 0.207 e. The first-order chi connectivity index (χ1) is 12.5. The van der Waals surface area contributed by atoms with Gasteiger partial charge in [0.1, 0.15) is 11.6 Å². The van der Waals surface area contributed by atoms with Crippen LogP contribution in [0.5, 0.6) is 0 Å². The van der Waals surface area contributed by atoms with Crippen molar-refractivity contribution in [3.8, 4) is 0 Å². The summed E-state index contributed by atoms with van der Waals surface area (Å²) < 4.78 is 27.6. The standard InChI is InChI=1S/C24H36F2/c1-17-7-9-19(10-8-17)5-3-4-6-20-11-13-21(14-12-20)22-15-23(25)18(2)24(26)16-22/h15-17,19-21H,3-14H2,1-2H3. The monoisotopic (exact) mass is 362 g/mol. The van der Waals surface area contributed by atoms with Crippen LogP contribution in [-0.4, -0.2) is 0 Å². The molecule has 26 heavy (non-hydrogen) atoms. The van der Waals surface area contributed by atoms with E-state index in [-0.39, 0.29) is 17.2 Å². The van der Waals surface area contributed by atoms with Gasteiger partial charge in [-0.15, -0.1) is 0 Å². The molecule has 2 aliphatic rings. The summed E-state index contributed by atoms with van der Waals surface area (Å²) in [6.45, 7) is 3.91. The van der Waals surface area contributed by atoms with Gasteiger partial charge in [0.25, 0.3) is 0 Å². The molecule has 0 bridgehead atoms. The summed E-state index contributed by atoms with van der Waals surface area (Å²) in [5, 5.41) is 0. The van der Waals surface area contributed by atoms with E-state index in [9.17, 15) is 8.78 Å². The lowest BCUT2D eigenvalue weighted by Crippen LogP contribution is -2.14. The molecule has 1 aromatic carbocycles. The number of hydrogen-bond acceptors (Lipinski definition) is 0. The van der Waals surface area contributed by atoms with Crippen molar-refractivity contribution in [2.24, 2.45) is 17.8 Å². The Bertz CT molecular complexity index is 541. The zero-order valence-electron chi connectivity index (χ0n) is 16.7. The Morgan fingerprint density at radius 3 is 1.73 bits per heavy atom. The lowest BCUT2D eigenvalue weighted by molar-refractivity contribution is 0.262. The molecule has 2 fully saturated rings. The van der Waals surface area contributed by atoms with Gasteiger partial charge in [-0.25, -0.2) is 8.78 Å². The van der Waals surface area contributed by atoms with Gasteiger partial charge in [0.05, 0.1) is 0 Å². The molecule has 0 aromatic heterocycles. The van der Waals surface area contributed by atoms with Gasteiger partial charge in [0, 0.05) is 5.56 Å². The fourth-order valence-electron chi connectivity index (χ4n) is 5.17. The SMILES string of the molecule is Cc1c(F)cc(C2CCC(CCCCC3CCC(C)CC3)CC2)cc1F. The van der Waals surface area contributed by atoms with Crippen LogP contribution in [0.1, 0.15) is 101 Å². The first-order valence-corrected chi connectivity index (χ1v) is 11.0. The van der Waals surface area contributed by atoms with E-state index in [1.54, 1.807) is 12.1 Å². The molecule has 2 aliphatic carbocycles. The van der Waals surface area contributed by atoms with Crippen LogP contribution in [0.15, 0.2) is 12.1 Å². The second-order valence-corrected chi connectivity index (χ2v) is 9.24. The van der Waals surface area contributed by atoms with Crippen LogP contribution in [0.4, 0.5) is 8.78 Å². The minimum atomic E-state index is -0.390. The molecule has 0 radical (unpaired) electrons. The van der Waals surface area contributed by atoms with Crippen LogP contribution in [-0.2, 0) is 0 Å². The molecule has 0 heterocycles. The number of hydrogen-bond donors (Lipinski definition) is 0. The smallest absolute Gasteiger partial charge is 0.129 e. The summed E-state index contributed by atoms with van der Waals surface area (Å²) in [7, 11) is 0. The number of halogens is 2. The zero-order valence-corrected chi connectivity index (χ0v) is 16.7. The van der Waals surface area contributed by atoms with Crippen molar-refractivity contribution in [3.05, 3.63) is 34.9 Å². The summed E-state index contributed by atoms with van der Waals surface area (Å²) in [4.78, 5) is 0. The first-order valence-electron chi connectivity index (χ1n) is 11.0. The van der Waals surface area contributed by atoms with Crippen LogP contribution < -0.4 is 0 Å². The van der Waals surface area contributed by atoms with Gasteiger partial charge >= 0.3 is 0 Å². The Morgan fingerprint density at radius 1 is 0.769 bits per heavy atom. The fourth-order valence-corrected chi connectivity index (χ4v) is 5.17. The highest BCUT2D eigenvalue weighted by Crippen LogP contribution is 2.39. The predicted octanol–water partition coefficient (Wildman–Crippen LogP) is 7.93. The highest BCUT2D eigenvalue weighted by atomic mass is 19.1. The van der Waals surface area contributed by atoms with E-state index in [0.717, 1.165) is 36.2 Å². The third kappa shape index (κ3) is 5.30. The fraction of sp³-hybridized carbons (Fsp3) is 0.750. The Kier molecular flexibility index (Phi) is 7.12. The molecule has 0 saturated heterocycles. The van der Waals surface area contributed by atoms with Crippen molar-refractivity contribution in [1.82, 2.24) is 0 Å². The van der Waals surface area contributed by atoms with Crippen LogP contribution in [0.25, 0.3) is 0 Å². The number of rotatable bonds is 6. The van der Waals surface area contributed by atoms with Crippen molar-refractivity contribution in [1.29, 1.82) is 0 Å². The molecule has 2 heteroatoms. The van der Waals surface area contributed by atoms with Gasteiger partial charge in [-0.05, 0) is 74.0 Å². The van der Waals surface area contributed by atoms with Crippen LogP contribution >= 0.6 is 0 Å². The van der Waals surface area contributed by atoms with Gasteiger partial charge in [-0.2, -0.15) is 0 Å². The second-order valence-electron chi connectivity index (χ2n) is 9.24. The van der Waals surface area contributed by atoms with Crippen molar-refractivity contribution >= 4 is 0 Å². The summed E-state index contributed by atoms with van der Waals surface area (Å²) in [6, 6.07) is 3.13. The van der Waals surface area contributed by atoms with Crippen LogP contribution in [0.2, 0.25) is 0 Å². The third-order valence-electron chi connectivity index (χ3n) is 7.23. The van der Waals surface area contributed by atoms with E-state index < -0.39 is 0 Å². The number of unbranched alkanes of at least 4 members (excludes halogenated alkanes) is 1. The summed E-state index contributed by atoms with van der Waals surface area (Å²) in [5.74, 6) is 2.35. The molecule has 0 amide bonds. The van der Waals surface area contributed by atoms with E-state index >= 15 is 0 Å². The number of benzene rings is 1. The van der Waals surface area contributed by atoms with Crippen molar-refractivity contribution in [2.75, 3.05) is 0 Å². The molecular formula is C24H36F2. The van der Waals surface area contributed by atoms with E-state index in [2.05, 4.69) is 6.92 Å². The molecule has 0 aliphatic heterocycles. The zero-order chi connectivity index (χ0) is 18.5. The molecule has 0 spiro atoms. The Balaban J connectivity index is 1.35. The lowest BCUT2D eigenvalue weighted by Gasteiger charge is -2.29. The summed E-state index contributed by atoms with van der Waals surface area (Å²) in [5.41, 5.74) is 1.02. The summed E-state index contributed by atoms with van der Waals surface area (Å²) in [6.07, 6.45) is 16.0. The van der Waals surface area contributed by atoms with Crippen LogP contribution in [0.3, 0.4) is 0 Å². The van der Waals surface area contributed by atoms with Crippen molar-refractivity contribution in [3.63, 3.8) is 0 Å². The maximum absolute atomic E-state index is 13.8. The second kappa shape index (κ2) is 9.33. The molecule has 0 atom stereocenters. The van der Waals surface area contributed by atoms with E-state index in [1.165, 1.54) is 71.1 Å². The molecular weight excluding hydrogens is 326 g/mol. The third-order valence-corrected chi connectivity index (χ3v) is 7.23. The van der Waals surface area contributed by atoms with Gasteiger partial charge < -0.3 is 0 Å². The Labute approximate surface area is 158 Å². The Hall–Kier alpha value is -0.920. The highest BCUT2D eigenvalue weighted by molar-refractivity contribution is 5.28. The maximum atomic E-state index is 13.8. The van der Waals surface area contributed by atoms with Gasteiger partial charge in [-0.3, -0.25) is 0 Å². The van der Waals surface area contributed by atoms with Gasteiger partial charge in [0.15, 0.2) is 0 Å². The molecule has 0 N–H and O–H groups in total. The molecule has 2 saturated carbocycles. The summed E-state index contributed by atoms with van der Waals surface area (Å²) >= 11 is 0. The maximum Gasteiger partial charge on any atom is 0.129 e. The van der Waals surface area contributed by atoms with E-state index in [0.29, 0.717) is 5.92 Å². The topological polar surface area (TPSA) is 0 Å². The Morgan fingerprint density at radius 2 is 1.23 bits per heavy atom. The molecule has 1 aromatic rings. The van der Waals surface area contributed by atoms with Crippen molar-refractivity contribution in [2.45, 2.75) is 96.8 Å². The molecule has 0 unspecified atom stereocenters. The quantitative estimate of drug-likeness (QED) is 0.451. The van der Waals surface area contributed by atoms with E-state index in [1.807, 2.05) is 0 Å². The predicted molar refractivity (Wildman–Crippen MR) is 105 cm³/mol. The van der Waals surface area contributed by atoms with Crippen molar-refractivity contribution < 1.29 is 8.78 Å². The molecule has 0 nitrogen and oxygen atoms in total. The normalized spacial score (nSPS) is 29.7. The minimum absolute atomic E-state index is 0.148. The van der Waals surface area contributed by atoms with Crippen LogP contribution in [0, 0.1) is 36.3 Å². The van der Waals surface area contributed by atoms with Gasteiger partial charge in [-0.1, -0.05) is 58.3 Å². The van der Waals surface area contributed by atoms with E-state index in [4.69, 9.17) is 0 Å². The minimum Gasteiger partial charge on any atom is -0.207 e. The van der Waals surface area contributed by atoms with Gasteiger partial charge in [0.2, 0.25) is 0 Å². The lowest BCUT2D eigenvalue weighted by atomic mass is 9.76.